The number of hydrogen-bond donors (Lipinski definition) is 3. The predicted octanol–water partition coefficient (Wildman–Crippen LogP) is 2.48. The molecule has 0 saturated heterocycles. The van der Waals surface area contributed by atoms with Gasteiger partial charge in [0, 0.05) is 18.5 Å². The van der Waals surface area contributed by atoms with Crippen LogP contribution in [0, 0.1) is 12.3 Å². The number of nitrogen functional groups attached to an aromatic ring is 1. The lowest BCUT2D eigenvalue weighted by molar-refractivity contribution is 0.376. The van der Waals surface area contributed by atoms with E-state index in [0.29, 0.717) is 5.82 Å². The molecule has 0 atom stereocenters. The Bertz CT molecular complexity index is 401. The van der Waals surface area contributed by atoms with E-state index < -0.39 is 0 Å². The fourth-order valence-electron chi connectivity index (χ4n) is 1.48. The summed E-state index contributed by atoms with van der Waals surface area (Å²) in [5.41, 5.74) is 3.84. The highest BCUT2D eigenvalue weighted by atomic mass is 15.3. The smallest absolute Gasteiger partial charge is 0.148 e. The molecule has 1 rings (SSSR count). The summed E-state index contributed by atoms with van der Waals surface area (Å²) in [7, 11) is 0. The van der Waals surface area contributed by atoms with Crippen LogP contribution in [0.2, 0.25) is 0 Å². The van der Waals surface area contributed by atoms with Crippen molar-refractivity contribution < 1.29 is 0 Å². The molecule has 4 N–H and O–H groups in total. The van der Waals surface area contributed by atoms with Gasteiger partial charge in [-0.1, -0.05) is 27.7 Å². The van der Waals surface area contributed by atoms with E-state index in [1.807, 2.05) is 13.8 Å². The molecule has 1 heterocycles. The first-order chi connectivity index (χ1) is 8.43. The summed E-state index contributed by atoms with van der Waals surface area (Å²) in [5.74, 6) is 7.84. The van der Waals surface area contributed by atoms with Gasteiger partial charge in [-0.2, -0.15) is 0 Å². The molecule has 0 aliphatic carbocycles. The van der Waals surface area contributed by atoms with Crippen molar-refractivity contribution in [3.63, 3.8) is 0 Å². The number of hydrazine groups is 1. The Labute approximate surface area is 110 Å². The van der Waals surface area contributed by atoms with Gasteiger partial charge < -0.3 is 10.7 Å². The fourth-order valence-corrected chi connectivity index (χ4v) is 1.48. The zero-order valence-corrected chi connectivity index (χ0v) is 12.1. The summed E-state index contributed by atoms with van der Waals surface area (Å²) in [4.78, 5) is 8.87. The number of aryl methyl sites for hydroxylation is 1. The van der Waals surface area contributed by atoms with Crippen molar-refractivity contribution >= 4 is 11.6 Å². The molecule has 18 heavy (non-hydrogen) atoms. The van der Waals surface area contributed by atoms with Crippen molar-refractivity contribution in [3.05, 3.63) is 11.4 Å². The van der Waals surface area contributed by atoms with Crippen LogP contribution in [0.15, 0.2) is 0 Å². The number of aromatic nitrogens is 2. The lowest BCUT2D eigenvalue weighted by Gasteiger charge is -2.24. The largest absolute Gasteiger partial charge is 0.369 e. The predicted molar refractivity (Wildman–Crippen MR) is 76.5 cm³/mol. The Balaban J connectivity index is 2.94. The molecule has 0 fully saturated rings. The van der Waals surface area contributed by atoms with Crippen LogP contribution in [0.5, 0.6) is 0 Å². The Hall–Kier alpha value is -1.36. The van der Waals surface area contributed by atoms with Crippen LogP contribution in [0.3, 0.4) is 0 Å². The molecule has 0 saturated carbocycles. The second-order valence-electron chi connectivity index (χ2n) is 5.33. The highest BCUT2D eigenvalue weighted by Crippen LogP contribution is 2.23. The first-order valence-electron chi connectivity index (χ1n) is 6.51. The van der Waals surface area contributed by atoms with Crippen LogP contribution in [0.25, 0.3) is 0 Å². The van der Waals surface area contributed by atoms with E-state index in [1.165, 1.54) is 0 Å². The molecule has 0 unspecified atom stereocenters. The van der Waals surface area contributed by atoms with Crippen molar-refractivity contribution in [3.8, 4) is 0 Å². The zero-order valence-electron chi connectivity index (χ0n) is 12.1. The Morgan fingerprint density at radius 1 is 1.17 bits per heavy atom. The highest BCUT2D eigenvalue weighted by Gasteiger charge is 2.16. The molecular formula is C13H25N5. The van der Waals surface area contributed by atoms with Gasteiger partial charge in [0.25, 0.3) is 0 Å². The van der Waals surface area contributed by atoms with Crippen LogP contribution in [0.1, 0.15) is 45.5 Å². The molecule has 5 heteroatoms. The van der Waals surface area contributed by atoms with Gasteiger partial charge in [-0.3, -0.25) is 0 Å². The molecule has 0 radical (unpaired) electrons. The van der Waals surface area contributed by atoms with Gasteiger partial charge >= 0.3 is 0 Å². The number of anilines is 2. The minimum atomic E-state index is 0.250. The van der Waals surface area contributed by atoms with Gasteiger partial charge in [-0.15, -0.1) is 0 Å². The van der Waals surface area contributed by atoms with Crippen LogP contribution in [0.4, 0.5) is 11.6 Å². The third-order valence-electron chi connectivity index (χ3n) is 3.34. The molecule has 102 valence electrons. The molecule has 0 amide bonds. The molecule has 1 aromatic heterocycles. The topological polar surface area (TPSA) is 75.9 Å². The van der Waals surface area contributed by atoms with E-state index in [0.717, 1.165) is 36.6 Å². The van der Waals surface area contributed by atoms with Gasteiger partial charge in [0.1, 0.15) is 17.5 Å². The average molecular weight is 251 g/mol. The number of nitrogens with two attached hydrogens (primary N) is 1. The summed E-state index contributed by atoms with van der Waals surface area (Å²) in [5, 5.41) is 3.41. The molecule has 0 bridgehead atoms. The van der Waals surface area contributed by atoms with E-state index in [-0.39, 0.29) is 5.41 Å². The molecule has 0 aliphatic rings. The van der Waals surface area contributed by atoms with E-state index in [4.69, 9.17) is 5.84 Å². The third-order valence-corrected chi connectivity index (χ3v) is 3.34. The highest BCUT2D eigenvalue weighted by molar-refractivity contribution is 5.56. The fraction of sp³-hybridized carbons (Fsp3) is 0.692. The molecular weight excluding hydrogens is 226 g/mol. The van der Waals surface area contributed by atoms with E-state index in [2.05, 4.69) is 41.5 Å². The monoisotopic (exact) mass is 251 g/mol. The zero-order chi connectivity index (χ0) is 13.8. The Kier molecular flexibility index (Phi) is 4.90. The van der Waals surface area contributed by atoms with Crippen LogP contribution in [-0.2, 0) is 6.42 Å². The van der Waals surface area contributed by atoms with Gasteiger partial charge in [0.15, 0.2) is 0 Å². The summed E-state index contributed by atoms with van der Waals surface area (Å²) >= 11 is 0. The molecule has 5 nitrogen and oxygen atoms in total. The van der Waals surface area contributed by atoms with Gasteiger partial charge in [0.2, 0.25) is 0 Å². The first kappa shape index (κ1) is 14.7. The standard InChI is InChI=1S/C13H25N5/c1-6-10-16-11(9(3)12(17-10)18-14)15-8-13(4,5)7-2/h6-8,14H2,1-5H3,(H2,15,16,17,18). The lowest BCUT2D eigenvalue weighted by atomic mass is 9.90. The normalized spacial score (nSPS) is 11.4. The van der Waals surface area contributed by atoms with Crippen molar-refractivity contribution in [2.24, 2.45) is 11.3 Å². The van der Waals surface area contributed by atoms with Crippen molar-refractivity contribution in [2.75, 3.05) is 17.3 Å². The number of nitrogens with one attached hydrogen (secondary N) is 2. The second-order valence-corrected chi connectivity index (χ2v) is 5.33. The molecule has 0 aromatic carbocycles. The Morgan fingerprint density at radius 2 is 1.78 bits per heavy atom. The maximum atomic E-state index is 5.48. The minimum absolute atomic E-state index is 0.250. The summed E-state index contributed by atoms with van der Waals surface area (Å²) in [6.45, 7) is 11.5. The van der Waals surface area contributed by atoms with Crippen molar-refractivity contribution in [1.29, 1.82) is 0 Å². The second kappa shape index (κ2) is 6.00. The first-order valence-corrected chi connectivity index (χ1v) is 6.51. The summed E-state index contributed by atoms with van der Waals surface area (Å²) < 4.78 is 0. The minimum Gasteiger partial charge on any atom is -0.369 e. The molecule has 1 aromatic rings. The van der Waals surface area contributed by atoms with Crippen LogP contribution in [-0.4, -0.2) is 16.5 Å². The summed E-state index contributed by atoms with van der Waals surface area (Å²) in [6.07, 6.45) is 1.91. The third kappa shape index (κ3) is 3.57. The quantitative estimate of drug-likeness (QED) is 0.535. The van der Waals surface area contributed by atoms with E-state index in [1.54, 1.807) is 0 Å². The van der Waals surface area contributed by atoms with Crippen molar-refractivity contribution in [2.45, 2.75) is 47.5 Å². The van der Waals surface area contributed by atoms with Gasteiger partial charge in [-0.25, -0.2) is 15.8 Å². The maximum absolute atomic E-state index is 5.48. The van der Waals surface area contributed by atoms with E-state index >= 15 is 0 Å². The molecule has 0 aliphatic heterocycles. The van der Waals surface area contributed by atoms with Gasteiger partial charge in [0.05, 0.1) is 0 Å². The van der Waals surface area contributed by atoms with Crippen molar-refractivity contribution in [1.82, 2.24) is 9.97 Å². The summed E-state index contributed by atoms with van der Waals surface area (Å²) in [6, 6.07) is 0. The SMILES string of the molecule is CCc1nc(NN)c(C)c(NCC(C)(C)CC)n1. The van der Waals surface area contributed by atoms with Gasteiger partial charge in [-0.05, 0) is 18.8 Å². The maximum Gasteiger partial charge on any atom is 0.148 e. The van der Waals surface area contributed by atoms with Crippen LogP contribution >= 0.6 is 0 Å². The lowest BCUT2D eigenvalue weighted by Crippen LogP contribution is -2.24. The number of nitrogens with zero attached hydrogens (tertiary/aromatic N) is 2. The molecule has 0 spiro atoms. The van der Waals surface area contributed by atoms with E-state index in [9.17, 15) is 0 Å². The van der Waals surface area contributed by atoms with Crippen LogP contribution < -0.4 is 16.6 Å². The number of rotatable bonds is 6. The Morgan fingerprint density at radius 3 is 2.28 bits per heavy atom. The number of hydrogen-bond acceptors (Lipinski definition) is 5. The average Bonchev–Trinajstić information content (AvgIpc) is 2.37.